The van der Waals surface area contributed by atoms with Crippen molar-refractivity contribution < 1.29 is 0 Å². The predicted molar refractivity (Wildman–Crippen MR) is 61.8 cm³/mol. The van der Waals surface area contributed by atoms with E-state index in [9.17, 15) is 0 Å². The van der Waals surface area contributed by atoms with Gasteiger partial charge in [0.25, 0.3) is 0 Å². The van der Waals surface area contributed by atoms with Gasteiger partial charge in [-0.1, -0.05) is 43.7 Å². The van der Waals surface area contributed by atoms with Gasteiger partial charge in [0, 0.05) is 18.4 Å². The highest BCUT2D eigenvalue weighted by Gasteiger charge is 2.00. The van der Waals surface area contributed by atoms with Crippen molar-refractivity contribution in [3.05, 3.63) is 54.1 Å². The van der Waals surface area contributed by atoms with Crippen molar-refractivity contribution in [3.63, 3.8) is 0 Å². The standard InChI is InChI=1S/C13H16N2/c1-2-6-13-9-14-11-15(13)10-12-7-4-3-5-8-12/h3-5,7-9,11H,2,6,10H2,1H3. The molecule has 0 aliphatic rings. The summed E-state index contributed by atoms with van der Waals surface area (Å²) in [6.07, 6.45) is 6.15. The predicted octanol–water partition coefficient (Wildman–Crippen LogP) is 2.88. The topological polar surface area (TPSA) is 17.8 Å². The summed E-state index contributed by atoms with van der Waals surface area (Å²) >= 11 is 0. The van der Waals surface area contributed by atoms with Gasteiger partial charge in [-0.05, 0) is 12.0 Å². The van der Waals surface area contributed by atoms with Crippen LogP contribution in [0.2, 0.25) is 0 Å². The van der Waals surface area contributed by atoms with E-state index in [0.717, 1.165) is 13.0 Å². The quantitative estimate of drug-likeness (QED) is 0.742. The number of nitrogens with zero attached hydrogens (tertiary/aromatic N) is 2. The van der Waals surface area contributed by atoms with Crippen LogP contribution in [0.4, 0.5) is 0 Å². The fourth-order valence-corrected chi connectivity index (χ4v) is 1.73. The maximum absolute atomic E-state index is 4.20. The van der Waals surface area contributed by atoms with Gasteiger partial charge in [-0.2, -0.15) is 0 Å². The molecule has 0 radical (unpaired) electrons. The number of benzene rings is 1. The first kappa shape index (κ1) is 9.97. The Morgan fingerprint density at radius 3 is 2.73 bits per heavy atom. The van der Waals surface area contributed by atoms with Gasteiger partial charge < -0.3 is 4.57 Å². The molecule has 2 rings (SSSR count). The van der Waals surface area contributed by atoms with Crippen molar-refractivity contribution in [3.8, 4) is 0 Å². The lowest BCUT2D eigenvalue weighted by atomic mass is 10.2. The first-order valence-electron chi connectivity index (χ1n) is 5.43. The van der Waals surface area contributed by atoms with E-state index >= 15 is 0 Å². The molecule has 0 saturated carbocycles. The van der Waals surface area contributed by atoms with Crippen LogP contribution in [0, 0.1) is 0 Å². The molecule has 0 N–H and O–H groups in total. The zero-order chi connectivity index (χ0) is 10.5. The second-order valence-electron chi connectivity index (χ2n) is 3.75. The number of hydrogen-bond acceptors (Lipinski definition) is 1. The van der Waals surface area contributed by atoms with Gasteiger partial charge in [-0.15, -0.1) is 0 Å². The van der Waals surface area contributed by atoms with E-state index in [4.69, 9.17) is 0 Å². The molecule has 0 saturated heterocycles. The lowest BCUT2D eigenvalue weighted by Gasteiger charge is -2.06. The third kappa shape index (κ3) is 2.46. The maximum Gasteiger partial charge on any atom is 0.0951 e. The number of rotatable bonds is 4. The third-order valence-electron chi connectivity index (χ3n) is 2.50. The largest absolute Gasteiger partial charge is 0.330 e. The molecular weight excluding hydrogens is 184 g/mol. The Hall–Kier alpha value is -1.57. The molecule has 0 bridgehead atoms. The molecule has 2 aromatic rings. The molecule has 0 fully saturated rings. The van der Waals surface area contributed by atoms with Gasteiger partial charge >= 0.3 is 0 Å². The van der Waals surface area contributed by atoms with Crippen LogP contribution in [0.25, 0.3) is 0 Å². The van der Waals surface area contributed by atoms with Crippen LogP contribution >= 0.6 is 0 Å². The van der Waals surface area contributed by atoms with Gasteiger partial charge in [0.15, 0.2) is 0 Å². The summed E-state index contributed by atoms with van der Waals surface area (Å²) in [6.45, 7) is 3.12. The van der Waals surface area contributed by atoms with E-state index < -0.39 is 0 Å². The van der Waals surface area contributed by atoms with E-state index in [2.05, 4.69) is 40.7 Å². The molecule has 2 heteroatoms. The summed E-state index contributed by atoms with van der Waals surface area (Å²) in [5, 5.41) is 0. The second kappa shape index (κ2) is 4.78. The summed E-state index contributed by atoms with van der Waals surface area (Å²) in [7, 11) is 0. The maximum atomic E-state index is 4.20. The van der Waals surface area contributed by atoms with E-state index in [1.165, 1.54) is 17.7 Å². The van der Waals surface area contributed by atoms with E-state index in [1.54, 1.807) is 0 Å². The smallest absolute Gasteiger partial charge is 0.0951 e. The first-order chi connectivity index (χ1) is 7.40. The van der Waals surface area contributed by atoms with Crippen LogP contribution < -0.4 is 0 Å². The Kier molecular flexibility index (Phi) is 3.18. The molecule has 0 aliphatic heterocycles. The van der Waals surface area contributed by atoms with Crippen molar-refractivity contribution >= 4 is 0 Å². The summed E-state index contributed by atoms with van der Waals surface area (Å²) in [5.74, 6) is 0. The molecule has 0 unspecified atom stereocenters. The Balaban J connectivity index is 2.14. The number of imidazole rings is 1. The minimum atomic E-state index is 0.927. The van der Waals surface area contributed by atoms with E-state index in [0.29, 0.717) is 0 Å². The highest BCUT2D eigenvalue weighted by molar-refractivity contribution is 5.16. The Morgan fingerprint density at radius 1 is 1.20 bits per heavy atom. The highest BCUT2D eigenvalue weighted by atomic mass is 15.0. The molecule has 78 valence electrons. The second-order valence-corrected chi connectivity index (χ2v) is 3.75. The molecule has 0 atom stereocenters. The van der Waals surface area contributed by atoms with Crippen molar-refractivity contribution in [2.75, 3.05) is 0 Å². The zero-order valence-electron chi connectivity index (χ0n) is 9.06. The van der Waals surface area contributed by atoms with E-state index in [-0.39, 0.29) is 0 Å². The zero-order valence-corrected chi connectivity index (χ0v) is 9.06. The Morgan fingerprint density at radius 2 is 2.00 bits per heavy atom. The lowest BCUT2D eigenvalue weighted by molar-refractivity contribution is 0.723. The molecule has 1 aromatic carbocycles. The van der Waals surface area contributed by atoms with E-state index in [1.807, 2.05) is 18.6 Å². The summed E-state index contributed by atoms with van der Waals surface area (Å²) < 4.78 is 2.22. The van der Waals surface area contributed by atoms with Crippen molar-refractivity contribution in [1.82, 2.24) is 9.55 Å². The molecule has 15 heavy (non-hydrogen) atoms. The average molecular weight is 200 g/mol. The van der Waals surface area contributed by atoms with Crippen LogP contribution in [0.1, 0.15) is 24.6 Å². The van der Waals surface area contributed by atoms with Crippen molar-refractivity contribution in [2.24, 2.45) is 0 Å². The SMILES string of the molecule is CCCc1cncn1Cc1ccccc1. The van der Waals surface area contributed by atoms with Crippen LogP contribution in [-0.4, -0.2) is 9.55 Å². The van der Waals surface area contributed by atoms with Gasteiger partial charge in [-0.3, -0.25) is 0 Å². The summed E-state index contributed by atoms with van der Waals surface area (Å²) in [5.41, 5.74) is 2.65. The van der Waals surface area contributed by atoms with Gasteiger partial charge in [0.1, 0.15) is 0 Å². The lowest BCUT2D eigenvalue weighted by Crippen LogP contribution is -2.02. The molecule has 2 nitrogen and oxygen atoms in total. The molecule has 1 heterocycles. The minimum Gasteiger partial charge on any atom is -0.330 e. The average Bonchev–Trinajstić information content (AvgIpc) is 2.68. The van der Waals surface area contributed by atoms with Crippen LogP contribution in [0.15, 0.2) is 42.9 Å². The fourth-order valence-electron chi connectivity index (χ4n) is 1.73. The normalized spacial score (nSPS) is 10.5. The molecular formula is C13H16N2. The fraction of sp³-hybridized carbons (Fsp3) is 0.308. The Bertz CT molecular complexity index is 403. The van der Waals surface area contributed by atoms with Gasteiger partial charge in [0.2, 0.25) is 0 Å². The molecule has 0 amide bonds. The van der Waals surface area contributed by atoms with Crippen molar-refractivity contribution in [1.29, 1.82) is 0 Å². The minimum absolute atomic E-state index is 0.927. The number of hydrogen-bond donors (Lipinski definition) is 0. The molecule has 0 aliphatic carbocycles. The van der Waals surface area contributed by atoms with Crippen LogP contribution in [-0.2, 0) is 13.0 Å². The first-order valence-corrected chi connectivity index (χ1v) is 5.43. The van der Waals surface area contributed by atoms with Gasteiger partial charge in [-0.25, -0.2) is 4.98 Å². The van der Waals surface area contributed by atoms with Gasteiger partial charge in [0.05, 0.1) is 6.33 Å². The number of aryl methyl sites for hydroxylation is 1. The monoisotopic (exact) mass is 200 g/mol. The highest BCUT2D eigenvalue weighted by Crippen LogP contribution is 2.07. The summed E-state index contributed by atoms with van der Waals surface area (Å²) in [4.78, 5) is 4.20. The van der Waals surface area contributed by atoms with Crippen molar-refractivity contribution in [2.45, 2.75) is 26.3 Å². The number of aromatic nitrogens is 2. The van der Waals surface area contributed by atoms with Crippen LogP contribution in [0.3, 0.4) is 0 Å². The Labute approximate surface area is 90.6 Å². The third-order valence-corrected chi connectivity index (χ3v) is 2.50. The molecule has 1 aromatic heterocycles. The summed E-state index contributed by atoms with van der Waals surface area (Å²) in [6, 6.07) is 10.5. The van der Waals surface area contributed by atoms with Crippen LogP contribution in [0.5, 0.6) is 0 Å². The molecule has 0 spiro atoms.